The highest BCUT2D eigenvalue weighted by Gasteiger charge is 2.71. The van der Waals surface area contributed by atoms with Crippen molar-refractivity contribution in [1.82, 2.24) is 5.32 Å². The first-order chi connectivity index (χ1) is 14.7. The van der Waals surface area contributed by atoms with E-state index in [-0.39, 0.29) is 47.9 Å². The molecule has 0 aromatic carbocycles. The van der Waals surface area contributed by atoms with Crippen molar-refractivity contribution in [3.63, 3.8) is 0 Å². The van der Waals surface area contributed by atoms with Gasteiger partial charge in [0, 0.05) is 11.8 Å². The summed E-state index contributed by atoms with van der Waals surface area (Å²) in [5.41, 5.74) is -0.655. The van der Waals surface area contributed by atoms with Crippen molar-refractivity contribution in [1.29, 1.82) is 0 Å². The molecule has 6 rings (SSSR count). The molecule has 2 aliphatic carbocycles. The highest BCUT2D eigenvalue weighted by atomic mass is 16.6. The van der Waals surface area contributed by atoms with Gasteiger partial charge in [-0.1, -0.05) is 6.92 Å². The summed E-state index contributed by atoms with van der Waals surface area (Å²) in [6, 6.07) is -0.332. The SMILES string of the molecule is CCC(C)(C)C(=O)OC1C2CC3C1OC(=O)C3C2C(=O)OC1C2CC3C(=O)NC1C3O2. The average Bonchev–Trinajstić information content (AvgIpc) is 3.51. The first-order valence-electron chi connectivity index (χ1n) is 11.3. The maximum absolute atomic E-state index is 13.3. The fraction of sp³-hybridized carbons (Fsp3) is 0.818. The summed E-state index contributed by atoms with van der Waals surface area (Å²) >= 11 is 0. The topological polar surface area (TPSA) is 117 Å². The van der Waals surface area contributed by atoms with Gasteiger partial charge in [0.2, 0.25) is 5.91 Å². The third kappa shape index (κ3) is 2.46. The van der Waals surface area contributed by atoms with E-state index in [0.29, 0.717) is 19.3 Å². The molecule has 6 aliphatic rings. The van der Waals surface area contributed by atoms with E-state index < -0.39 is 47.5 Å². The van der Waals surface area contributed by atoms with E-state index in [4.69, 9.17) is 18.9 Å². The Kier molecular flexibility index (Phi) is 3.91. The van der Waals surface area contributed by atoms with Crippen LogP contribution in [0.3, 0.4) is 0 Å². The van der Waals surface area contributed by atoms with Gasteiger partial charge in [-0.2, -0.15) is 0 Å². The molecule has 4 saturated heterocycles. The maximum atomic E-state index is 13.3. The van der Waals surface area contributed by atoms with Crippen molar-refractivity contribution in [2.45, 2.75) is 76.6 Å². The average molecular weight is 433 g/mol. The number of amides is 1. The van der Waals surface area contributed by atoms with E-state index in [1.807, 2.05) is 20.8 Å². The monoisotopic (exact) mass is 433 g/mol. The van der Waals surface area contributed by atoms with E-state index in [0.717, 1.165) is 0 Å². The molecule has 0 spiro atoms. The molecule has 9 heteroatoms. The Morgan fingerprint density at radius 3 is 2.61 bits per heavy atom. The Bertz CT molecular complexity index is 885. The summed E-state index contributed by atoms with van der Waals surface area (Å²) in [6.45, 7) is 5.55. The first kappa shape index (κ1) is 19.5. The molecule has 11 unspecified atom stereocenters. The van der Waals surface area contributed by atoms with Crippen LogP contribution >= 0.6 is 0 Å². The molecule has 11 atom stereocenters. The summed E-state index contributed by atoms with van der Waals surface area (Å²) in [5.74, 6) is -3.15. The number of carbonyl (C=O) groups is 4. The van der Waals surface area contributed by atoms with Gasteiger partial charge in [0.15, 0.2) is 6.10 Å². The number of hydrogen-bond acceptors (Lipinski definition) is 8. The van der Waals surface area contributed by atoms with Gasteiger partial charge < -0.3 is 24.3 Å². The van der Waals surface area contributed by atoms with Crippen LogP contribution in [0.2, 0.25) is 0 Å². The quantitative estimate of drug-likeness (QED) is 0.487. The molecule has 1 N–H and O–H groups in total. The second-order valence-corrected chi connectivity index (χ2v) is 10.5. The predicted molar refractivity (Wildman–Crippen MR) is 101 cm³/mol. The highest BCUT2D eigenvalue weighted by molar-refractivity contribution is 5.87. The van der Waals surface area contributed by atoms with Crippen LogP contribution in [-0.2, 0) is 38.1 Å². The Morgan fingerprint density at radius 1 is 1.10 bits per heavy atom. The van der Waals surface area contributed by atoms with E-state index >= 15 is 0 Å². The zero-order valence-corrected chi connectivity index (χ0v) is 17.7. The smallest absolute Gasteiger partial charge is 0.311 e. The zero-order valence-electron chi connectivity index (χ0n) is 17.7. The summed E-state index contributed by atoms with van der Waals surface area (Å²) in [7, 11) is 0. The van der Waals surface area contributed by atoms with Crippen LogP contribution in [-0.4, -0.2) is 60.4 Å². The zero-order chi connectivity index (χ0) is 21.8. The summed E-state index contributed by atoms with van der Waals surface area (Å²) in [6.07, 6.45) is -0.456. The van der Waals surface area contributed by atoms with E-state index in [1.54, 1.807) is 0 Å². The largest absolute Gasteiger partial charge is 0.458 e. The summed E-state index contributed by atoms with van der Waals surface area (Å²) in [5, 5.41) is 2.89. The second kappa shape index (κ2) is 6.21. The van der Waals surface area contributed by atoms with Crippen LogP contribution in [0, 0.1) is 35.0 Å². The number of carbonyl (C=O) groups excluding carboxylic acids is 4. The van der Waals surface area contributed by atoms with E-state index in [9.17, 15) is 19.2 Å². The van der Waals surface area contributed by atoms with Crippen LogP contribution in [0.15, 0.2) is 0 Å². The van der Waals surface area contributed by atoms with Crippen molar-refractivity contribution in [2.24, 2.45) is 35.0 Å². The molecule has 4 heterocycles. The van der Waals surface area contributed by atoms with Gasteiger partial charge in [0.1, 0.15) is 12.2 Å². The minimum atomic E-state index is -0.703. The second-order valence-electron chi connectivity index (χ2n) is 10.5. The van der Waals surface area contributed by atoms with Crippen LogP contribution in [0.4, 0.5) is 0 Å². The van der Waals surface area contributed by atoms with Crippen molar-refractivity contribution in [2.75, 3.05) is 0 Å². The van der Waals surface area contributed by atoms with Crippen LogP contribution in [0.1, 0.15) is 40.0 Å². The van der Waals surface area contributed by atoms with Gasteiger partial charge in [-0.15, -0.1) is 0 Å². The lowest BCUT2D eigenvalue weighted by Crippen LogP contribution is -2.49. The maximum Gasteiger partial charge on any atom is 0.311 e. The van der Waals surface area contributed by atoms with E-state index in [2.05, 4.69) is 5.32 Å². The van der Waals surface area contributed by atoms with Crippen LogP contribution in [0.5, 0.6) is 0 Å². The molecule has 0 aromatic heterocycles. The summed E-state index contributed by atoms with van der Waals surface area (Å²) in [4.78, 5) is 50.6. The fourth-order valence-electron chi connectivity index (χ4n) is 6.65. The number of esters is 3. The van der Waals surface area contributed by atoms with Crippen molar-refractivity contribution in [3.05, 3.63) is 0 Å². The number of rotatable bonds is 5. The summed E-state index contributed by atoms with van der Waals surface area (Å²) < 4.78 is 23.1. The minimum absolute atomic E-state index is 0.0521. The Labute approximate surface area is 179 Å². The Morgan fingerprint density at radius 2 is 1.87 bits per heavy atom. The molecule has 0 radical (unpaired) electrons. The molecule has 4 aliphatic heterocycles. The lowest BCUT2D eigenvalue weighted by molar-refractivity contribution is -0.175. The molecule has 31 heavy (non-hydrogen) atoms. The number of hydrogen-bond donors (Lipinski definition) is 1. The third-order valence-corrected chi connectivity index (χ3v) is 8.68. The highest BCUT2D eigenvalue weighted by Crippen LogP contribution is 2.59. The Hall–Kier alpha value is -2.16. The third-order valence-electron chi connectivity index (χ3n) is 8.68. The van der Waals surface area contributed by atoms with Gasteiger partial charge >= 0.3 is 17.9 Å². The van der Waals surface area contributed by atoms with Gasteiger partial charge in [0.25, 0.3) is 0 Å². The lowest BCUT2D eigenvalue weighted by atomic mass is 9.78. The van der Waals surface area contributed by atoms with E-state index in [1.165, 1.54) is 0 Å². The van der Waals surface area contributed by atoms with Gasteiger partial charge in [-0.3, -0.25) is 19.2 Å². The Balaban J connectivity index is 1.22. The number of nitrogens with one attached hydrogen (secondary N) is 1. The molecular weight excluding hydrogens is 406 g/mol. The van der Waals surface area contributed by atoms with Crippen molar-refractivity contribution in [3.8, 4) is 0 Å². The van der Waals surface area contributed by atoms with Gasteiger partial charge in [-0.05, 0) is 33.1 Å². The standard InChI is InChI=1S/C22H27NO8/c1-4-22(2,3)21(27)31-16-8-5-7-11(19(25)29-15(7)16)12(8)20(26)30-17-10-6-9-14(28-10)13(17)23-18(9)24/h7-17H,4-6H2,1-3H3,(H,23,24). The van der Waals surface area contributed by atoms with Gasteiger partial charge in [0.05, 0.1) is 41.4 Å². The van der Waals surface area contributed by atoms with Crippen LogP contribution < -0.4 is 5.32 Å². The molecule has 9 nitrogen and oxygen atoms in total. The lowest BCUT2D eigenvalue weighted by Gasteiger charge is -2.33. The molecule has 4 bridgehead atoms. The molecule has 168 valence electrons. The minimum Gasteiger partial charge on any atom is -0.458 e. The molecular formula is C22H27NO8. The van der Waals surface area contributed by atoms with Gasteiger partial charge in [-0.25, -0.2) is 0 Å². The van der Waals surface area contributed by atoms with Crippen LogP contribution in [0.25, 0.3) is 0 Å². The predicted octanol–water partition coefficient (Wildman–Crippen LogP) is 0.339. The van der Waals surface area contributed by atoms with Crippen molar-refractivity contribution >= 4 is 23.8 Å². The first-order valence-corrected chi connectivity index (χ1v) is 11.3. The molecule has 1 amide bonds. The van der Waals surface area contributed by atoms with Crippen molar-refractivity contribution < 1.29 is 38.1 Å². The molecule has 6 fully saturated rings. The number of ether oxygens (including phenoxy) is 4. The molecule has 2 saturated carbocycles. The fourth-order valence-corrected chi connectivity index (χ4v) is 6.65. The number of fused-ring (bicyclic) bond motifs is 2. The molecule has 0 aromatic rings. The normalized spacial score (nSPS) is 48.2.